The normalized spacial score (nSPS) is 14.2. The van der Waals surface area contributed by atoms with Gasteiger partial charge in [0, 0.05) is 21.0 Å². The fourth-order valence-electron chi connectivity index (χ4n) is 2.27. The molecule has 0 amide bonds. The number of aromatic nitrogens is 2. The molecule has 5 heteroatoms. The minimum absolute atomic E-state index is 0.447. The number of nitrogens with zero attached hydrogens (tertiary/aromatic N) is 2. The molecule has 1 aromatic heterocycles. The van der Waals surface area contributed by atoms with Crippen LogP contribution in [0.2, 0.25) is 5.02 Å². The molecule has 0 atom stereocenters. The van der Waals surface area contributed by atoms with E-state index < -0.39 is 0 Å². The van der Waals surface area contributed by atoms with Gasteiger partial charge >= 0.3 is 0 Å². The molecule has 1 aliphatic carbocycles. The number of nitrogen functional groups attached to an aromatic ring is 1. The zero-order chi connectivity index (χ0) is 14.3. The van der Waals surface area contributed by atoms with Crippen molar-refractivity contribution in [2.45, 2.75) is 25.3 Å². The second-order valence-corrected chi connectivity index (χ2v) is 6.18. The number of nitrogens with two attached hydrogens (primary N) is 1. The summed E-state index contributed by atoms with van der Waals surface area (Å²) in [6, 6.07) is 5.58. The van der Waals surface area contributed by atoms with Gasteiger partial charge in [-0.3, -0.25) is 0 Å². The number of hydrogen-bond donors (Lipinski definition) is 1. The summed E-state index contributed by atoms with van der Waals surface area (Å²) in [6.07, 6.45) is 7.74. The molecular weight excluding hydrogens is 338 g/mol. The minimum atomic E-state index is 0.447. The summed E-state index contributed by atoms with van der Waals surface area (Å²) in [5.41, 5.74) is 7.89. The Morgan fingerprint density at radius 3 is 2.90 bits per heavy atom. The summed E-state index contributed by atoms with van der Waals surface area (Å²) in [7, 11) is 0. The number of anilines is 1. The van der Waals surface area contributed by atoms with Crippen LogP contribution in [0.4, 0.5) is 5.82 Å². The molecule has 2 N–H and O–H groups in total. The largest absolute Gasteiger partial charge is 0.383 e. The van der Waals surface area contributed by atoms with E-state index in [1.807, 2.05) is 22.8 Å². The Morgan fingerprint density at radius 1 is 1.50 bits per heavy atom. The molecule has 0 bridgehead atoms. The lowest BCUT2D eigenvalue weighted by Crippen LogP contribution is -2.05. The summed E-state index contributed by atoms with van der Waals surface area (Å²) in [4.78, 5) is 4.72. The van der Waals surface area contributed by atoms with Gasteiger partial charge in [0.05, 0.1) is 6.54 Å². The molecular formula is C15H13BrClN3. The van der Waals surface area contributed by atoms with E-state index in [1.165, 1.54) is 0 Å². The van der Waals surface area contributed by atoms with Gasteiger partial charge < -0.3 is 10.3 Å². The van der Waals surface area contributed by atoms with Crippen molar-refractivity contribution in [1.29, 1.82) is 0 Å². The molecule has 1 heterocycles. The zero-order valence-corrected chi connectivity index (χ0v) is 13.1. The van der Waals surface area contributed by atoms with Crippen molar-refractivity contribution in [3.63, 3.8) is 0 Å². The first-order valence-corrected chi connectivity index (χ1v) is 7.53. The van der Waals surface area contributed by atoms with Crippen LogP contribution in [0.15, 0.2) is 22.7 Å². The highest BCUT2D eigenvalue weighted by Gasteiger charge is 2.31. The van der Waals surface area contributed by atoms with E-state index in [1.54, 1.807) is 0 Å². The van der Waals surface area contributed by atoms with E-state index in [0.717, 1.165) is 34.4 Å². The van der Waals surface area contributed by atoms with Crippen LogP contribution in [-0.4, -0.2) is 9.55 Å². The maximum absolute atomic E-state index is 6.25. The van der Waals surface area contributed by atoms with Crippen LogP contribution < -0.4 is 5.73 Å². The summed E-state index contributed by atoms with van der Waals surface area (Å²) in [6.45, 7) is 0.447. The standard InChI is InChI=1S/C15H13BrClN3/c1-2-7-20-14(18)13(19-15(20)9-3-4-9)11-8-10(17)5-6-12(11)16/h1,5-6,8-9H,3-4,7,18H2. The van der Waals surface area contributed by atoms with Gasteiger partial charge in [-0.15, -0.1) is 6.42 Å². The Balaban J connectivity index is 2.16. The van der Waals surface area contributed by atoms with E-state index in [9.17, 15) is 0 Å². The summed E-state index contributed by atoms with van der Waals surface area (Å²) >= 11 is 9.60. The van der Waals surface area contributed by atoms with Crippen LogP contribution in [0.5, 0.6) is 0 Å². The Morgan fingerprint density at radius 2 is 2.25 bits per heavy atom. The Hall–Kier alpha value is -1.44. The van der Waals surface area contributed by atoms with Crippen molar-refractivity contribution in [2.75, 3.05) is 5.73 Å². The van der Waals surface area contributed by atoms with Crippen molar-refractivity contribution < 1.29 is 0 Å². The molecule has 0 saturated heterocycles. The minimum Gasteiger partial charge on any atom is -0.383 e. The topological polar surface area (TPSA) is 43.8 Å². The third-order valence-corrected chi connectivity index (χ3v) is 4.34. The van der Waals surface area contributed by atoms with Crippen LogP contribution >= 0.6 is 27.5 Å². The van der Waals surface area contributed by atoms with Gasteiger partial charge in [-0.1, -0.05) is 33.5 Å². The fraction of sp³-hybridized carbons (Fsp3) is 0.267. The average molecular weight is 351 g/mol. The number of hydrogen-bond acceptors (Lipinski definition) is 2. The number of terminal acetylenes is 1. The first-order chi connectivity index (χ1) is 9.61. The monoisotopic (exact) mass is 349 g/mol. The van der Waals surface area contributed by atoms with E-state index in [0.29, 0.717) is 23.3 Å². The smallest absolute Gasteiger partial charge is 0.132 e. The molecule has 0 radical (unpaired) electrons. The van der Waals surface area contributed by atoms with Gasteiger partial charge in [0.25, 0.3) is 0 Å². The van der Waals surface area contributed by atoms with Gasteiger partial charge in [-0.05, 0) is 31.0 Å². The van der Waals surface area contributed by atoms with Crippen LogP contribution in [-0.2, 0) is 6.54 Å². The maximum Gasteiger partial charge on any atom is 0.132 e. The highest BCUT2D eigenvalue weighted by molar-refractivity contribution is 9.10. The average Bonchev–Trinajstić information content (AvgIpc) is 3.21. The van der Waals surface area contributed by atoms with Crippen molar-refractivity contribution in [3.8, 4) is 23.6 Å². The van der Waals surface area contributed by atoms with Crippen LogP contribution in [0.25, 0.3) is 11.3 Å². The van der Waals surface area contributed by atoms with Crippen LogP contribution in [0.3, 0.4) is 0 Å². The van der Waals surface area contributed by atoms with Crippen molar-refractivity contribution >= 4 is 33.3 Å². The lowest BCUT2D eigenvalue weighted by atomic mass is 10.1. The van der Waals surface area contributed by atoms with Gasteiger partial charge in [0.1, 0.15) is 17.3 Å². The van der Waals surface area contributed by atoms with Gasteiger partial charge in [0.15, 0.2) is 0 Å². The highest BCUT2D eigenvalue weighted by atomic mass is 79.9. The molecule has 0 aliphatic heterocycles. The van der Waals surface area contributed by atoms with E-state index >= 15 is 0 Å². The zero-order valence-electron chi connectivity index (χ0n) is 10.7. The quantitative estimate of drug-likeness (QED) is 0.848. The van der Waals surface area contributed by atoms with Crippen LogP contribution in [0.1, 0.15) is 24.6 Å². The van der Waals surface area contributed by atoms with Crippen molar-refractivity contribution in [2.24, 2.45) is 0 Å². The summed E-state index contributed by atoms with van der Waals surface area (Å²) in [5.74, 6) is 4.72. The van der Waals surface area contributed by atoms with E-state index in [4.69, 9.17) is 28.7 Å². The molecule has 1 aromatic carbocycles. The van der Waals surface area contributed by atoms with Crippen molar-refractivity contribution in [1.82, 2.24) is 9.55 Å². The van der Waals surface area contributed by atoms with Gasteiger partial charge in [0.2, 0.25) is 0 Å². The number of halogens is 2. The lowest BCUT2D eigenvalue weighted by Gasteiger charge is -2.06. The third kappa shape index (κ3) is 2.32. The molecule has 1 fully saturated rings. The molecule has 1 aliphatic rings. The molecule has 3 nitrogen and oxygen atoms in total. The molecule has 0 spiro atoms. The number of imidazole rings is 1. The Bertz CT molecular complexity index is 711. The Kier molecular flexibility index (Phi) is 3.49. The number of benzene rings is 1. The molecule has 102 valence electrons. The Labute approximate surface area is 131 Å². The van der Waals surface area contributed by atoms with Crippen molar-refractivity contribution in [3.05, 3.63) is 33.5 Å². The number of rotatable bonds is 3. The first-order valence-electron chi connectivity index (χ1n) is 6.36. The third-order valence-electron chi connectivity index (χ3n) is 3.41. The lowest BCUT2D eigenvalue weighted by molar-refractivity contribution is 0.762. The van der Waals surface area contributed by atoms with E-state index in [2.05, 4.69) is 21.9 Å². The van der Waals surface area contributed by atoms with Gasteiger partial charge in [-0.25, -0.2) is 4.98 Å². The molecule has 3 rings (SSSR count). The maximum atomic E-state index is 6.25. The van der Waals surface area contributed by atoms with Gasteiger partial charge in [-0.2, -0.15) is 0 Å². The second-order valence-electron chi connectivity index (χ2n) is 4.89. The first kappa shape index (κ1) is 13.5. The van der Waals surface area contributed by atoms with Crippen LogP contribution in [0, 0.1) is 12.3 Å². The molecule has 20 heavy (non-hydrogen) atoms. The predicted octanol–water partition coefficient (Wildman–Crippen LogP) is 4.06. The summed E-state index contributed by atoms with van der Waals surface area (Å²) < 4.78 is 2.85. The summed E-state index contributed by atoms with van der Waals surface area (Å²) in [5, 5.41) is 0.655. The molecule has 1 saturated carbocycles. The highest BCUT2D eigenvalue weighted by Crippen LogP contribution is 2.43. The molecule has 0 unspecified atom stereocenters. The SMILES string of the molecule is C#CCn1c(C2CC2)nc(-c2cc(Cl)ccc2Br)c1N. The van der Waals surface area contributed by atoms with E-state index in [-0.39, 0.29) is 0 Å². The second kappa shape index (κ2) is 5.16. The molecule has 2 aromatic rings. The fourth-order valence-corrected chi connectivity index (χ4v) is 2.88. The predicted molar refractivity (Wildman–Crippen MR) is 85.6 cm³/mol.